The molecule has 0 saturated heterocycles. The minimum Gasteiger partial charge on any atom is -0.324 e. The third-order valence-corrected chi connectivity index (χ3v) is 2.56. The number of aryl methyl sites for hydroxylation is 2. The Hall–Kier alpha value is -1.75. The lowest BCUT2D eigenvalue weighted by molar-refractivity contribution is 0.688. The van der Waals surface area contributed by atoms with Gasteiger partial charge in [-0.25, -0.2) is 0 Å². The van der Waals surface area contributed by atoms with E-state index in [0.717, 1.165) is 16.8 Å². The molecule has 2 aromatic heterocycles. The Morgan fingerprint density at radius 3 is 2.94 bits per heavy atom. The molecule has 0 bridgehead atoms. The molecule has 0 radical (unpaired) electrons. The van der Waals surface area contributed by atoms with E-state index in [1.54, 1.807) is 10.9 Å². The molecular weight excluding hydrogens is 202 g/mol. The fourth-order valence-electron chi connectivity index (χ4n) is 1.69. The Balaban J connectivity index is 2.14. The molecule has 0 aromatic carbocycles. The van der Waals surface area contributed by atoms with Crippen LogP contribution in [0.1, 0.15) is 22.9 Å². The first-order chi connectivity index (χ1) is 7.66. The van der Waals surface area contributed by atoms with E-state index in [0.29, 0.717) is 6.42 Å². The normalized spacial score (nSPS) is 12.7. The van der Waals surface area contributed by atoms with Gasteiger partial charge in [0.1, 0.15) is 0 Å². The quantitative estimate of drug-likeness (QED) is 0.824. The zero-order valence-electron chi connectivity index (χ0n) is 9.46. The molecule has 2 rings (SSSR count). The Labute approximate surface area is 94.3 Å². The monoisotopic (exact) mass is 217 g/mol. The minimum atomic E-state index is -0.0783. The Bertz CT molecular complexity index is 477. The molecule has 5 nitrogen and oxygen atoms in total. The van der Waals surface area contributed by atoms with Crippen LogP contribution >= 0.6 is 0 Å². The van der Waals surface area contributed by atoms with E-state index in [2.05, 4.69) is 15.3 Å². The number of pyridine rings is 1. The van der Waals surface area contributed by atoms with Gasteiger partial charge in [0.05, 0.1) is 5.69 Å². The summed E-state index contributed by atoms with van der Waals surface area (Å²) in [5.41, 5.74) is 9.24. The van der Waals surface area contributed by atoms with Gasteiger partial charge in [0, 0.05) is 38.1 Å². The zero-order valence-corrected chi connectivity index (χ0v) is 9.46. The maximum Gasteiger partial charge on any atom is 0.0845 e. The summed E-state index contributed by atoms with van der Waals surface area (Å²) < 4.78 is 1.68. The highest BCUT2D eigenvalue weighted by Gasteiger charge is 2.11. The molecule has 2 aromatic rings. The van der Waals surface area contributed by atoms with Gasteiger partial charge in [0.2, 0.25) is 0 Å². The molecule has 0 aliphatic heterocycles. The molecule has 0 saturated carbocycles. The van der Waals surface area contributed by atoms with Gasteiger partial charge in [-0.05, 0) is 24.1 Å². The van der Waals surface area contributed by atoms with Crippen LogP contribution in [-0.2, 0) is 13.5 Å². The van der Waals surface area contributed by atoms with Crippen molar-refractivity contribution in [3.63, 3.8) is 0 Å². The van der Waals surface area contributed by atoms with Crippen molar-refractivity contribution < 1.29 is 0 Å². The summed E-state index contributed by atoms with van der Waals surface area (Å²) in [6.07, 6.45) is 6.15. The molecule has 0 fully saturated rings. The summed E-state index contributed by atoms with van der Waals surface area (Å²) in [5.74, 6) is 0. The number of nitrogens with two attached hydrogens (primary N) is 1. The molecule has 1 atom stereocenters. The second-order valence-electron chi connectivity index (χ2n) is 3.93. The minimum absolute atomic E-state index is 0.0783. The summed E-state index contributed by atoms with van der Waals surface area (Å²) in [4.78, 5) is 4.09. The first-order valence-electron chi connectivity index (χ1n) is 5.18. The number of hydrogen-bond acceptors (Lipinski definition) is 4. The largest absolute Gasteiger partial charge is 0.324 e. The van der Waals surface area contributed by atoms with E-state index in [4.69, 9.17) is 5.73 Å². The maximum atomic E-state index is 6.12. The molecule has 5 heteroatoms. The highest BCUT2D eigenvalue weighted by Crippen LogP contribution is 2.17. The van der Waals surface area contributed by atoms with Crippen molar-refractivity contribution in [1.29, 1.82) is 0 Å². The van der Waals surface area contributed by atoms with E-state index in [-0.39, 0.29) is 6.04 Å². The predicted octanol–water partition coefficient (Wildman–Crippen LogP) is 0.761. The van der Waals surface area contributed by atoms with Crippen LogP contribution in [-0.4, -0.2) is 20.0 Å². The van der Waals surface area contributed by atoms with Crippen LogP contribution in [0, 0.1) is 6.92 Å². The van der Waals surface area contributed by atoms with Crippen LogP contribution in [0.2, 0.25) is 0 Å². The summed E-state index contributed by atoms with van der Waals surface area (Å²) in [7, 11) is 1.84. The maximum absolute atomic E-state index is 6.12. The van der Waals surface area contributed by atoms with Crippen LogP contribution < -0.4 is 5.73 Å². The Kier molecular flexibility index (Phi) is 2.96. The van der Waals surface area contributed by atoms with Gasteiger partial charge in [0.15, 0.2) is 0 Å². The second-order valence-corrected chi connectivity index (χ2v) is 3.93. The lowest BCUT2D eigenvalue weighted by atomic mass is 10.0. The molecule has 16 heavy (non-hydrogen) atoms. The average molecular weight is 217 g/mol. The van der Waals surface area contributed by atoms with Crippen LogP contribution in [0.5, 0.6) is 0 Å². The highest BCUT2D eigenvalue weighted by molar-refractivity contribution is 5.25. The van der Waals surface area contributed by atoms with E-state index in [1.165, 1.54) is 0 Å². The lowest BCUT2D eigenvalue weighted by Gasteiger charge is -2.12. The fraction of sp³-hybridized carbons (Fsp3) is 0.364. The van der Waals surface area contributed by atoms with Crippen molar-refractivity contribution in [2.24, 2.45) is 12.8 Å². The van der Waals surface area contributed by atoms with Gasteiger partial charge < -0.3 is 5.73 Å². The van der Waals surface area contributed by atoms with Gasteiger partial charge in [-0.15, -0.1) is 5.10 Å². The molecule has 2 heterocycles. The van der Waals surface area contributed by atoms with Crippen molar-refractivity contribution in [3.8, 4) is 0 Å². The average Bonchev–Trinajstić information content (AvgIpc) is 2.64. The van der Waals surface area contributed by atoms with Gasteiger partial charge in [0.25, 0.3) is 0 Å². The molecule has 2 N–H and O–H groups in total. The summed E-state index contributed by atoms with van der Waals surface area (Å²) >= 11 is 0. The lowest BCUT2D eigenvalue weighted by Crippen LogP contribution is -2.15. The molecule has 1 unspecified atom stereocenters. The van der Waals surface area contributed by atoms with Crippen LogP contribution in [0.15, 0.2) is 24.7 Å². The van der Waals surface area contributed by atoms with E-state index < -0.39 is 0 Å². The van der Waals surface area contributed by atoms with Gasteiger partial charge in [-0.3, -0.25) is 9.67 Å². The van der Waals surface area contributed by atoms with Crippen molar-refractivity contribution in [1.82, 2.24) is 20.0 Å². The van der Waals surface area contributed by atoms with Crippen molar-refractivity contribution in [3.05, 3.63) is 41.5 Å². The Morgan fingerprint density at radius 2 is 2.31 bits per heavy atom. The van der Waals surface area contributed by atoms with E-state index in [9.17, 15) is 0 Å². The molecule has 0 amide bonds. The molecule has 0 spiro atoms. The number of aromatic nitrogens is 4. The van der Waals surface area contributed by atoms with Gasteiger partial charge in [-0.2, -0.15) is 0 Å². The molecule has 0 aliphatic carbocycles. The SMILES string of the molecule is Cc1ccncc1C(N)Cc1cn(C)nn1. The van der Waals surface area contributed by atoms with Gasteiger partial charge in [-0.1, -0.05) is 5.21 Å². The smallest absolute Gasteiger partial charge is 0.0845 e. The summed E-state index contributed by atoms with van der Waals surface area (Å²) in [5, 5.41) is 7.90. The van der Waals surface area contributed by atoms with E-state index >= 15 is 0 Å². The Morgan fingerprint density at radius 1 is 1.50 bits per heavy atom. The first kappa shape index (κ1) is 10.8. The van der Waals surface area contributed by atoms with Gasteiger partial charge >= 0.3 is 0 Å². The third kappa shape index (κ3) is 2.25. The number of nitrogens with zero attached hydrogens (tertiary/aromatic N) is 4. The summed E-state index contributed by atoms with van der Waals surface area (Å²) in [6.45, 7) is 2.04. The number of rotatable bonds is 3. The van der Waals surface area contributed by atoms with Crippen molar-refractivity contribution in [2.75, 3.05) is 0 Å². The van der Waals surface area contributed by atoms with Crippen LogP contribution in [0.25, 0.3) is 0 Å². The van der Waals surface area contributed by atoms with Crippen molar-refractivity contribution in [2.45, 2.75) is 19.4 Å². The molecule has 84 valence electrons. The van der Waals surface area contributed by atoms with Crippen molar-refractivity contribution >= 4 is 0 Å². The second kappa shape index (κ2) is 4.40. The number of hydrogen-bond donors (Lipinski definition) is 1. The standard InChI is InChI=1S/C11H15N5/c1-8-3-4-13-6-10(8)11(12)5-9-7-16(2)15-14-9/h3-4,6-7,11H,5,12H2,1-2H3. The first-order valence-corrected chi connectivity index (χ1v) is 5.18. The van der Waals surface area contributed by atoms with Crippen LogP contribution in [0.3, 0.4) is 0 Å². The zero-order chi connectivity index (χ0) is 11.5. The molecular formula is C11H15N5. The van der Waals surface area contributed by atoms with Crippen LogP contribution in [0.4, 0.5) is 0 Å². The highest BCUT2D eigenvalue weighted by atomic mass is 15.4. The fourth-order valence-corrected chi connectivity index (χ4v) is 1.69. The molecule has 0 aliphatic rings. The topological polar surface area (TPSA) is 69.6 Å². The summed E-state index contributed by atoms with van der Waals surface area (Å²) in [6, 6.07) is 1.89. The van der Waals surface area contributed by atoms with E-state index in [1.807, 2.05) is 32.4 Å². The predicted molar refractivity (Wildman–Crippen MR) is 60.6 cm³/mol. The third-order valence-electron chi connectivity index (χ3n) is 2.56.